The summed E-state index contributed by atoms with van der Waals surface area (Å²) < 4.78 is 0. The molecule has 160 valence electrons. The van der Waals surface area contributed by atoms with Crippen molar-refractivity contribution < 1.29 is 4.79 Å². The van der Waals surface area contributed by atoms with Gasteiger partial charge in [0.2, 0.25) is 0 Å². The Hall–Kier alpha value is -2.06. The third kappa shape index (κ3) is 3.83. The second kappa shape index (κ2) is 8.59. The number of aromatic amines is 2. The van der Waals surface area contributed by atoms with Gasteiger partial charge in [-0.2, -0.15) is 0 Å². The third-order valence-electron chi connectivity index (χ3n) is 5.69. The Kier molecular flexibility index (Phi) is 6.48. The minimum Gasteiger partial charge on any atom is -0.338 e. The number of carbonyl (C=O) groups is 1. The highest BCUT2D eigenvalue weighted by Gasteiger charge is 2.41. The molecule has 7 nitrogen and oxygen atoms in total. The minimum absolute atomic E-state index is 0. The zero-order valence-electron chi connectivity index (χ0n) is 16.3. The number of benzene rings is 1. The van der Waals surface area contributed by atoms with E-state index in [4.69, 9.17) is 11.6 Å². The first-order chi connectivity index (χ1) is 13.5. The molecule has 1 aromatic carbocycles. The van der Waals surface area contributed by atoms with E-state index in [1.165, 1.54) is 25.7 Å². The molecule has 0 saturated carbocycles. The van der Waals surface area contributed by atoms with E-state index in [1.807, 2.05) is 13.0 Å². The lowest BCUT2D eigenvalue weighted by atomic mass is 10.1. The number of carbonyl (C=O) groups excluding carboxylic acids is 1. The number of rotatable bonds is 2. The summed E-state index contributed by atoms with van der Waals surface area (Å²) in [5, 5.41) is 0.327. The van der Waals surface area contributed by atoms with E-state index < -0.39 is 0 Å². The molecule has 2 atom stereocenters. The van der Waals surface area contributed by atoms with Crippen molar-refractivity contribution in [1.29, 1.82) is 0 Å². The van der Waals surface area contributed by atoms with E-state index in [0.717, 1.165) is 17.1 Å². The summed E-state index contributed by atoms with van der Waals surface area (Å²) in [6.45, 7) is 6.04. The van der Waals surface area contributed by atoms with Gasteiger partial charge in [0.15, 0.2) is 0 Å². The number of hydrogen-bond donors (Lipinski definition) is 2. The number of hydrogen-bond acceptors (Lipinski definition) is 4. The highest BCUT2D eigenvalue weighted by Crippen LogP contribution is 2.31. The molecule has 3 aliphatic heterocycles. The fourth-order valence-corrected chi connectivity index (χ4v) is 4.07. The average Bonchev–Trinajstić information content (AvgIpc) is 2.98. The van der Waals surface area contributed by atoms with Gasteiger partial charge in [-0.3, -0.25) is 14.5 Å². The largest absolute Gasteiger partial charge is 0.338 e. The van der Waals surface area contributed by atoms with Gasteiger partial charge in [-0.1, -0.05) is 11.6 Å². The van der Waals surface area contributed by atoms with Crippen LogP contribution in [-0.4, -0.2) is 56.3 Å². The van der Waals surface area contributed by atoms with Crippen molar-refractivity contribution in [2.75, 3.05) is 19.6 Å². The molecule has 10 heteroatoms. The first-order valence-corrected chi connectivity index (χ1v) is 9.86. The maximum atomic E-state index is 12.3. The number of pyridine rings is 1. The molecule has 2 saturated heterocycles. The summed E-state index contributed by atoms with van der Waals surface area (Å²) in [4.78, 5) is 38.7. The SMILES string of the molecule is C1CN2CC12.CCN1Cc2cc3[nH]c(-c4c(Cl)cc[nH]c4=O)nc3cc2C1=O.Cl.Cl. The van der Waals surface area contributed by atoms with Crippen LogP contribution in [0, 0.1) is 0 Å². The van der Waals surface area contributed by atoms with Gasteiger partial charge in [0.25, 0.3) is 11.5 Å². The highest BCUT2D eigenvalue weighted by atomic mass is 35.5. The molecule has 1 amide bonds. The molecule has 0 bridgehead atoms. The lowest BCUT2D eigenvalue weighted by Crippen LogP contribution is -2.22. The van der Waals surface area contributed by atoms with Crippen LogP contribution in [0.4, 0.5) is 0 Å². The quantitative estimate of drug-likeness (QED) is 0.562. The highest BCUT2D eigenvalue weighted by molar-refractivity contribution is 6.33. The zero-order chi connectivity index (χ0) is 19.4. The number of H-pyrrole nitrogens is 2. The molecule has 0 radical (unpaired) electrons. The van der Waals surface area contributed by atoms with Crippen LogP contribution in [0.2, 0.25) is 5.02 Å². The van der Waals surface area contributed by atoms with Crippen LogP contribution >= 0.6 is 36.4 Å². The summed E-state index contributed by atoms with van der Waals surface area (Å²) in [6.07, 6.45) is 2.98. The van der Waals surface area contributed by atoms with Crippen molar-refractivity contribution in [3.05, 3.63) is 50.9 Å². The standard InChI is InChI=1S/C16H13ClN4O2.C4H7N.2ClH/c1-2-21-7-8-5-11-12(6-9(8)16(21)23)20-14(19-11)13-10(17)3-4-18-15(13)22;1-2-5-3-4(1)5;;/h3-6H,2,7H2,1H3,(H,18,22)(H,19,20);4H,1-3H2;2*1H. The second-order valence-electron chi connectivity index (χ2n) is 7.40. The lowest BCUT2D eigenvalue weighted by Gasteiger charge is -2.10. The molecule has 0 aliphatic carbocycles. The molecule has 2 aromatic heterocycles. The Balaban J connectivity index is 0.000000316. The molecule has 2 fully saturated rings. The molecule has 2 unspecified atom stereocenters. The number of nitrogens with one attached hydrogen (secondary N) is 2. The van der Waals surface area contributed by atoms with Gasteiger partial charge in [-0.25, -0.2) is 4.98 Å². The normalized spacial score (nSPS) is 20.2. The smallest absolute Gasteiger partial charge is 0.260 e. The van der Waals surface area contributed by atoms with Crippen LogP contribution in [0.15, 0.2) is 29.2 Å². The van der Waals surface area contributed by atoms with Crippen molar-refractivity contribution in [3.63, 3.8) is 0 Å². The molecular formula is C20H22Cl3N5O2. The summed E-state index contributed by atoms with van der Waals surface area (Å²) in [6, 6.07) is 6.36. The Morgan fingerprint density at radius 1 is 1.27 bits per heavy atom. The Morgan fingerprint density at radius 3 is 2.60 bits per heavy atom. The lowest BCUT2D eigenvalue weighted by molar-refractivity contribution is 0.0787. The van der Waals surface area contributed by atoms with Gasteiger partial charge < -0.3 is 14.9 Å². The van der Waals surface area contributed by atoms with Crippen molar-refractivity contribution in [2.45, 2.75) is 25.9 Å². The molecular weight excluding hydrogens is 449 g/mol. The fourth-order valence-electron chi connectivity index (χ4n) is 3.83. The van der Waals surface area contributed by atoms with Crippen LogP contribution in [0.25, 0.3) is 22.4 Å². The van der Waals surface area contributed by atoms with Gasteiger partial charge in [0.05, 0.1) is 16.1 Å². The van der Waals surface area contributed by atoms with Gasteiger partial charge in [0.1, 0.15) is 11.4 Å². The molecule has 5 heterocycles. The number of imidazole rings is 1. The van der Waals surface area contributed by atoms with Crippen molar-refractivity contribution in [1.82, 2.24) is 24.8 Å². The van der Waals surface area contributed by atoms with E-state index >= 15 is 0 Å². The second-order valence-corrected chi connectivity index (χ2v) is 7.81. The fraction of sp³-hybridized carbons (Fsp3) is 0.350. The van der Waals surface area contributed by atoms with Crippen LogP contribution in [0.1, 0.15) is 29.3 Å². The predicted molar refractivity (Wildman–Crippen MR) is 122 cm³/mol. The third-order valence-corrected chi connectivity index (χ3v) is 6.01. The average molecular weight is 471 g/mol. The first-order valence-electron chi connectivity index (χ1n) is 9.48. The minimum atomic E-state index is -0.308. The topological polar surface area (TPSA) is 84.9 Å². The Labute approximate surface area is 190 Å². The number of amides is 1. The van der Waals surface area contributed by atoms with Gasteiger partial charge in [-0.05, 0) is 37.1 Å². The van der Waals surface area contributed by atoms with Crippen molar-refractivity contribution in [2.24, 2.45) is 0 Å². The molecule has 2 N–H and O–H groups in total. The van der Waals surface area contributed by atoms with E-state index in [1.54, 1.807) is 17.0 Å². The van der Waals surface area contributed by atoms with E-state index in [2.05, 4.69) is 19.9 Å². The van der Waals surface area contributed by atoms with Crippen molar-refractivity contribution in [3.8, 4) is 11.4 Å². The Morgan fingerprint density at radius 2 is 2.03 bits per heavy atom. The predicted octanol–water partition coefficient (Wildman–Crippen LogP) is 3.47. The number of fused-ring (bicyclic) bond motifs is 3. The van der Waals surface area contributed by atoms with Crippen LogP contribution < -0.4 is 5.56 Å². The maximum Gasteiger partial charge on any atom is 0.260 e. The molecule has 30 heavy (non-hydrogen) atoms. The summed E-state index contributed by atoms with van der Waals surface area (Å²) >= 11 is 6.11. The van der Waals surface area contributed by atoms with Gasteiger partial charge >= 0.3 is 0 Å². The molecule has 0 spiro atoms. The van der Waals surface area contributed by atoms with Crippen LogP contribution in [0.5, 0.6) is 0 Å². The van der Waals surface area contributed by atoms with E-state index in [-0.39, 0.29) is 36.3 Å². The van der Waals surface area contributed by atoms with E-state index in [0.29, 0.717) is 40.6 Å². The number of nitrogens with zero attached hydrogens (tertiary/aromatic N) is 3. The zero-order valence-corrected chi connectivity index (χ0v) is 18.7. The van der Waals surface area contributed by atoms with E-state index in [9.17, 15) is 9.59 Å². The van der Waals surface area contributed by atoms with Crippen LogP contribution in [0.3, 0.4) is 0 Å². The van der Waals surface area contributed by atoms with Crippen LogP contribution in [-0.2, 0) is 6.54 Å². The Bertz CT molecular complexity index is 1150. The number of aromatic nitrogens is 3. The number of halogens is 3. The molecule has 6 rings (SSSR count). The van der Waals surface area contributed by atoms with Gasteiger partial charge in [-0.15, -0.1) is 24.8 Å². The maximum absolute atomic E-state index is 12.3. The first kappa shape index (κ1) is 22.6. The molecule has 3 aliphatic rings. The van der Waals surface area contributed by atoms with Gasteiger partial charge in [0, 0.05) is 44.0 Å². The van der Waals surface area contributed by atoms with Crippen molar-refractivity contribution >= 4 is 53.4 Å². The summed E-state index contributed by atoms with van der Waals surface area (Å²) in [5.74, 6) is 0.417. The molecule has 3 aromatic rings. The summed E-state index contributed by atoms with van der Waals surface area (Å²) in [5.41, 5.74) is 3.05. The summed E-state index contributed by atoms with van der Waals surface area (Å²) in [7, 11) is 0. The monoisotopic (exact) mass is 469 g/mol.